The van der Waals surface area contributed by atoms with Crippen LogP contribution in [0.1, 0.15) is 50.7 Å². The van der Waals surface area contributed by atoms with E-state index in [1.807, 2.05) is 0 Å². The molecule has 72 heavy (non-hydrogen) atoms. The summed E-state index contributed by atoms with van der Waals surface area (Å²) in [4.78, 5) is 0. The molecule has 0 fully saturated rings. The molecule has 0 aliphatic rings. The highest BCUT2D eigenvalue weighted by molar-refractivity contribution is 9.11. The number of aryl methyl sites for hydroxylation is 2. The van der Waals surface area contributed by atoms with Crippen LogP contribution < -0.4 is 0 Å². The molecule has 0 spiro atoms. The minimum atomic E-state index is 1.16. The number of hydrogen-bond donors (Lipinski definition) is 0. The average molecular weight is 1190 g/mol. The first-order valence-corrected chi connectivity index (χ1v) is 28.4. The van der Waals surface area contributed by atoms with E-state index in [1.54, 1.807) is 0 Å². The third-order valence-corrected chi connectivity index (χ3v) is 17.7. The lowest BCUT2D eigenvalue weighted by molar-refractivity contribution is 0.795. The first-order chi connectivity index (χ1) is 35.3. The summed E-state index contributed by atoms with van der Waals surface area (Å²) in [6, 6.07) is 71.7. The molecule has 0 radical (unpaired) electrons. The van der Waals surface area contributed by atoms with Gasteiger partial charge in [-0.25, -0.2) is 0 Å². The van der Waals surface area contributed by atoms with Crippen LogP contribution in [0.3, 0.4) is 0 Å². The molecule has 0 aromatic heterocycles. The highest BCUT2D eigenvalue weighted by Gasteiger charge is 2.16. The van der Waals surface area contributed by atoms with Crippen molar-refractivity contribution >= 4 is 161 Å². The molecule has 0 unspecified atom stereocenters. The Morgan fingerprint density at radius 3 is 0.792 bits per heavy atom. The SMILES string of the molecule is Brc1ccc2ccc3c(Br)ccc4ccc1c2c43.Brc1ccc2ccc3ccc(Br)c4ccc1c2c34.CCCCc1ccc(-c2ccc3ccc4c(-c5ccc(CCCC)cc5)ccc5ccc2c3c54)cc1. The molecule has 0 N–H and O–H groups in total. The van der Waals surface area contributed by atoms with Gasteiger partial charge in [0.05, 0.1) is 0 Å². The van der Waals surface area contributed by atoms with Gasteiger partial charge in [0.2, 0.25) is 0 Å². The van der Waals surface area contributed by atoms with Gasteiger partial charge in [0, 0.05) is 17.9 Å². The molecule has 0 heterocycles. The van der Waals surface area contributed by atoms with Crippen LogP contribution in [0.15, 0.2) is 212 Å². The number of rotatable bonds is 8. The molecule has 4 heteroatoms. The number of halogens is 4. The number of hydrogen-bond acceptors (Lipinski definition) is 0. The van der Waals surface area contributed by atoms with Crippen LogP contribution in [0.5, 0.6) is 0 Å². The molecular formula is C68H50Br4. The summed E-state index contributed by atoms with van der Waals surface area (Å²) in [6.45, 7) is 4.51. The fourth-order valence-electron chi connectivity index (χ4n) is 11.2. The van der Waals surface area contributed by atoms with E-state index < -0.39 is 0 Å². The van der Waals surface area contributed by atoms with Crippen LogP contribution in [-0.4, -0.2) is 0 Å². The lowest BCUT2D eigenvalue weighted by Gasteiger charge is -2.17. The summed E-state index contributed by atoms with van der Waals surface area (Å²) in [7, 11) is 0. The Balaban J connectivity index is 0.000000122. The summed E-state index contributed by atoms with van der Waals surface area (Å²) in [5.74, 6) is 0. The van der Waals surface area contributed by atoms with Crippen molar-refractivity contribution in [2.24, 2.45) is 0 Å². The second kappa shape index (κ2) is 19.9. The summed E-state index contributed by atoms with van der Waals surface area (Å²) in [6.07, 6.45) is 7.31. The molecule has 0 atom stereocenters. The molecule has 0 aliphatic heterocycles. The monoisotopic (exact) mass is 1180 g/mol. The predicted octanol–water partition coefficient (Wildman–Crippen LogP) is 22.8. The van der Waals surface area contributed by atoms with E-state index in [4.69, 9.17) is 0 Å². The highest BCUT2D eigenvalue weighted by atomic mass is 79.9. The van der Waals surface area contributed by atoms with Gasteiger partial charge in [-0.1, -0.05) is 260 Å². The van der Waals surface area contributed by atoms with Crippen molar-refractivity contribution in [1.82, 2.24) is 0 Å². The summed E-state index contributed by atoms with van der Waals surface area (Å²) in [5, 5.41) is 23.8. The van der Waals surface area contributed by atoms with Gasteiger partial charge in [-0.15, -0.1) is 0 Å². The third kappa shape index (κ3) is 8.43. The highest BCUT2D eigenvalue weighted by Crippen LogP contribution is 2.44. The fraction of sp³-hybridized carbons (Fsp3) is 0.118. The van der Waals surface area contributed by atoms with E-state index in [0.717, 1.165) is 30.7 Å². The Morgan fingerprint density at radius 1 is 0.250 bits per heavy atom. The normalized spacial score (nSPS) is 11.8. The van der Waals surface area contributed by atoms with Crippen LogP contribution in [0.2, 0.25) is 0 Å². The molecule has 14 aromatic carbocycles. The molecule has 14 rings (SSSR count). The van der Waals surface area contributed by atoms with Crippen LogP contribution >= 0.6 is 63.7 Å². The standard InChI is InChI=1S/C36H34.2C16H8Br2/c1-3-5-7-25-9-13-27(14-10-25)31-21-17-29-20-24-34-32(28-15-11-26(12-16-28)8-6-4-2)22-18-30-19-23-33(31)35(29)36(30)34;17-13-8-4-10-2-6-12-14(18)7-3-9-1-5-11(13)16(10)15(9)12;17-13-7-3-9-1-2-10-4-8-14(18)12-6-5-11(13)15(9)16(10)12/h9-24H,3-8H2,1-2H3;2*1-8H. The smallest absolute Gasteiger partial charge is 0.0254 e. The maximum absolute atomic E-state index is 3.65. The molecular weight excluding hydrogens is 1140 g/mol. The van der Waals surface area contributed by atoms with Gasteiger partial charge in [-0.2, -0.15) is 0 Å². The maximum Gasteiger partial charge on any atom is 0.0254 e. The first kappa shape index (κ1) is 47.1. The quantitative estimate of drug-likeness (QED) is 0.133. The molecule has 0 bridgehead atoms. The van der Waals surface area contributed by atoms with Crippen LogP contribution in [0.25, 0.3) is 119 Å². The van der Waals surface area contributed by atoms with Crippen LogP contribution in [0.4, 0.5) is 0 Å². The first-order valence-electron chi connectivity index (χ1n) is 25.2. The molecule has 0 amide bonds. The van der Waals surface area contributed by atoms with Gasteiger partial charge in [0.15, 0.2) is 0 Å². The molecule has 0 aliphatic carbocycles. The zero-order valence-electron chi connectivity index (χ0n) is 40.2. The third-order valence-electron chi connectivity index (χ3n) is 14.9. The maximum atomic E-state index is 3.65. The molecule has 0 nitrogen and oxygen atoms in total. The van der Waals surface area contributed by atoms with Crippen molar-refractivity contribution in [2.75, 3.05) is 0 Å². The zero-order chi connectivity index (χ0) is 49.0. The lowest BCUT2D eigenvalue weighted by Crippen LogP contribution is -1.90. The van der Waals surface area contributed by atoms with Crippen molar-refractivity contribution in [2.45, 2.75) is 52.4 Å². The lowest BCUT2D eigenvalue weighted by atomic mass is 9.87. The van der Waals surface area contributed by atoms with Crippen molar-refractivity contribution in [1.29, 1.82) is 0 Å². The van der Waals surface area contributed by atoms with E-state index in [-0.39, 0.29) is 0 Å². The predicted molar refractivity (Wildman–Crippen MR) is 329 cm³/mol. The summed E-state index contributed by atoms with van der Waals surface area (Å²) >= 11 is 14.6. The van der Waals surface area contributed by atoms with Crippen molar-refractivity contribution < 1.29 is 0 Å². The van der Waals surface area contributed by atoms with Crippen molar-refractivity contribution in [3.63, 3.8) is 0 Å². The Morgan fingerprint density at radius 2 is 0.486 bits per heavy atom. The van der Waals surface area contributed by atoms with Gasteiger partial charge in [0.1, 0.15) is 0 Å². The van der Waals surface area contributed by atoms with Crippen molar-refractivity contribution in [3.8, 4) is 22.3 Å². The van der Waals surface area contributed by atoms with Crippen molar-refractivity contribution in [3.05, 3.63) is 223 Å². The van der Waals surface area contributed by atoms with Gasteiger partial charge < -0.3 is 0 Å². The minimum Gasteiger partial charge on any atom is -0.0654 e. The van der Waals surface area contributed by atoms with Gasteiger partial charge in [0.25, 0.3) is 0 Å². The average Bonchev–Trinajstić information content (AvgIpc) is 3.42. The van der Waals surface area contributed by atoms with Gasteiger partial charge in [-0.3, -0.25) is 0 Å². The van der Waals surface area contributed by atoms with Gasteiger partial charge in [-0.05, 0) is 180 Å². The summed E-state index contributed by atoms with van der Waals surface area (Å²) in [5.41, 5.74) is 8.12. The second-order valence-corrected chi connectivity index (χ2v) is 22.7. The van der Waals surface area contributed by atoms with E-state index in [9.17, 15) is 0 Å². The van der Waals surface area contributed by atoms with Crippen LogP contribution in [-0.2, 0) is 12.8 Å². The van der Waals surface area contributed by atoms with Gasteiger partial charge >= 0.3 is 0 Å². The largest absolute Gasteiger partial charge is 0.0654 e. The number of benzene rings is 14. The van der Waals surface area contributed by atoms with Crippen LogP contribution in [0, 0.1) is 0 Å². The zero-order valence-corrected chi connectivity index (χ0v) is 46.6. The topological polar surface area (TPSA) is 0 Å². The van der Waals surface area contributed by atoms with E-state index >= 15 is 0 Å². The molecule has 350 valence electrons. The second-order valence-electron chi connectivity index (χ2n) is 19.3. The Labute approximate surface area is 454 Å². The fourth-order valence-corrected chi connectivity index (χ4v) is 13.1. The minimum absolute atomic E-state index is 1.16. The van der Waals surface area contributed by atoms with E-state index in [0.29, 0.717) is 0 Å². The summed E-state index contributed by atoms with van der Waals surface area (Å²) < 4.78 is 4.63. The Bertz CT molecular complexity index is 3900. The Hall–Kier alpha value is -5.88. The molecule has 0 saturated heterocycles. The number of unbranched alkanes of at least 4 members (excludes halogenated alkanes) is 2. The molecule has 14 aromatic rings. The molecule has 0 saturated carbocycles. The van der Waals surface area contributed by atoms with E-state index in [1.165, 1.54) is 156 Å². The Kier molecular flexibility index (Phi) is 13.0. The van der Waals surface area contributed by atoms with E-state index in [2.05, 4.69) is 272 Å².